The monoisotopic (exact) mass is 1000 g/mol. The minimum Gasteiger partial charge on any atom is -0.462 e. The molecule has 0 aromatic carbocycles. The average molecular weight is 1000 g/mol. The Hall–Kier alpha value is -1.59. The topological polar surface area (TPSA) is 78.9 Å². The first-order valence-electron chi connectivity index (χ1n) is 32.1. The van der Waals surface area contributed by atoms with Crippen LogP contribution in [0.1, 0.15) is 363 Å². The van der Waals surface area contributed by atoms with Crippen LogP contribution < -0.4 is 0 Å². The second-order valence-corrected chi connectivity index (χ2v) is 23.6. The Balaban J connectivity index is 4.18. The minimum absolute atomic E-state index is 0.0633. The lowest BCUT2D eigenvalue weighted by Crippen LogP contribution is -2.30. The highest BCUT2D eigenvalue weighted by atomic mass is 16.6. The van der Waals surface area contributed by atoms with Crippen LogP contribution in [0.4, 0.5) is 0 Å². The van der Waals surface area contributed by atoms with Crippen LogP contribution in [0.25, 0.3) is 0 Å². The number of carbonyl (C=O) groups excluding carboxylic acids is 3. The molecule has 422 valence electrons. The molecular weight excluding hydrogens is 877 g/mol. The van der Waals surface area contributed by atoms with E-state index in [2.05, 4.69) is 41.5 Å². The molecule has 6 nitrogen and oxygen atoms in total. The number of ether oxygens (including phenoxy) is 3. The molecule has 0 aliphatic heterocycles. The van der Waals surface area contributed by atoms with Gasteiger partial charge in [-0.3, -0.25) is 14.4 Å². The molecule has 0 fully saturated rings. The highest BCUT2D eigenvalue weighted by Gasteiger charge is 2.19. The number of esters is 3. The van der Waals surface area contributed by atoms with E-state index in [1.807, 2.05) is 0 Å². The molecule has 0 N–H and O–H groups in total. The van der Waals surface area contributed by atoms with Gasteiger partial charge in [-0.1, -0.05) is 324 Å². The van der Waals surface area contributed by atoms with Crippen LogP contribution in [-0.4, -0.2) is 37.2 Å². The summed E-state index contributed by atoms with van der Waals surface area (Å²) in [5, 5.41) is 0. The summed E-state index contributed by atoms with van der Waals surface area (Å²) >= 11 is 0. The first kappa shape index (κ1) is 69.4. The zero-order valence-electron chi connectivity index (χ0n) is 49.0. The van der Waals surface area contributed by atoms with Gasteiger partial charge in [0.2, 0.25) is 0 Å². The van der Waals surface area contributed by atoms with Crippen molar-refractivity contribution in [2.45, 2.75) is 369 Å². The van der Waals surface area contributed by atoms with Crippen molar-refractivity contribution in [1.29, 1.82) is 0 Å². The second kappa shape index (κ2) is 56.1. The third kappa shape index (κ3) is 57.5. The zero-order chi connectivity index (χ0) is 51.9. The van der Waals surface area contributed by atoms with Crippen LogP contribution in [0.3, 0.4) is 0 Å². The van der Waals surface area contributed by atoms with Gasteiger partial charge in [-0.25, -0.2) is 0 Å². The Morgan fingerprint density at radius 3 is 0.732 bits per heavy atom. The van der Waals surface area contributed by atoms with E-state index < -0.39 is 6.10 Å². The Bertz CT molecular complexity index is 1100. The van der Waals surface area contributed by atoms with Crippen molar-refractivity contribution in [3.63, 3.8) is 0 Å². The van der Waals surface area contributed by atoms with Crippen molar-refractivity contribution < 1.29 is 28.6 Å². The minimum atomic E-state index is -0.764. The largest absolute Gasteiger partial charge is 0.462 e. The van der Waals surface area contributed by atoms with Crippen molar-refractivity contribution in [3.05, 3.63) is 0 Å². The maximum Gasteiger partial charge on any atom is 0.306 e. The fourth-order valence-electron chi connectivity index (χ4n) is 10.0. The van der Waals surface area contributed by atoms with Gasteiger partial charge in [0.15, 0.2) is 6.10 Å². The molecule has 0 aliphatic carbocycles. The van der Waals surface area contributed by atoms with Gasteiger partial charge in [-0.15, -0.1) is 0 Å². The van der Waals surface area contributed by atoms with Crippen LogP contribution in [0.2, 0.25) is 0 Å². The highest BCUT2D eigenvalue weighted by Crippen LogP contribution is 2.20. The molecule has 2 atom stereocenters. The molecule has 0 radical (unpaired) electrons. The Morgan fingerprint density at radius 2 is 0.493 bits per heavy atom. The molecule has 71 heavy (non-hydrogen) atoms. The van der Waals surface area contributed by atoms with E-state index in [1.165, 1.54) is 244 Å². The summed E-state index contributed by atoms with van der Waals surface area (Å²) in [5.41, 5.74) is 0. The Labute approximate surface area is 444 Å². The summed E-state index contributed by atoms with van der Waals surface area (Å²) in [6.45, 7) is 13.8. The van der Waals surface area contributed by atoms with Gasteiger partial charge in [-0.05, 0) is 37.0 Å². The summed E-state index contributed by atoms with van der Waals surface area (Å²) in [6.07, 6.45) is 61.2. The van der Waals surface area contributed by atoms with E-state index in [0.717, 1.165) is 75.5 Å². The summed E-state index contributed by atoms with van der Waals surface area (Å²) in [5.74, 6) is 1.71. The summed E-state index contributed by atoms with van der Waals surface area (Å²) in [6, 6.07) is 0. The number of unbranched alkanes of at least 4 members (excludes halogenated alkanes) is 40. The SMILES string of the molecule is CCC(C)CCCCCCCCCCCCCCCCCCCCC(=O)OC[C@H](COC(=O)CCCCCCCCCC(C)C)OC(=O)CCCCCCCCCCCCCCCCCCCCC(C)C. The first-order chi connectivity index (χ1) is 34.6. The molecule has 0 heterocycles. The van der Waals surface area contributed by atoms with Crippen molar-refractivity contribution in [2.24, 2.45) is 17.8 Å². The quantitative estimate of drug-likeness (QED) is 0.0343. The molecule has 0 aliphatic rings. The van der Waals surface area contributed by atoms with Gasteiger partial charge in [0, 0.05) is 19.3 Å². The maximum absolute atomic E-state index is 12.9. The summed E-state index contributed by atoms with van der Waals surface area (Å²) in [4.78, 5) is 38.2. The normalized spacial score (nSPS) is 12.5. The van der Waals surface area contributed by atoms with Crippen LogP contribution in [0, 0.1) is 17.8 Å². The number of rotatable bonds is 58. The molecule has 0 spiro atoms. The third-order valence-corrected chi connectivity index (χ3v) is 15.3. The fraction of sp³-hybridized carbons (Fsp3) is 0.954. The van der Waals surface area contributed by atoms with Crippen molar-refractivity contribution >= 4 is 17.9 Å². The lowest BCUT2D eigenvalue weighted by atomic mass is 9.99. The number of carbonyl (C=O) groups is 3. The molecule has 0 aromatic heterocycles. The Kier molecular flexibility index (Phi) is 54.9. The maximum atomic E-state index is 12.9. The van der Waals surface area contributed by atoms with Gasteiger partial charge in [-0.2, -0.15) is 0 Å². The molecule has 0 bridgehead atoms. The number of hydrogen-bond donors (Lipinski definition) is 0. The summed E-state index contributed by atoms with van der Waals surface area (Å²) in [7, 11) is 0. The molecule has 0 aromatic rings. The van der Waals surface area contributed by atoms with Crippen molar-refractivity contribution in [2.75, 3.05) is 13.2 Å². The molecule has 0 saturated carbocycles. The average Bonchev–Trinajstić information content (AvgIpc) is 3.35. The van der Waals surface area contributed by atoms with E-state index in [9.17, 15) is 14.4 Å². The number of hydrogen-bond acceptors (Lipinski definition) is 6. The van der Waals surface area contributed by atoms with Gasteiger partial charge >= 0.3 is 17.9 Å². The van der Waals surface area contributed by atoms with E-state index in [1.54, 1.807) is 0 Å². The van der Waals surface area contributed by atoms with E-state index in [0.29, 0.717) is 19.3 Å². The molecule has 6 heteroatoms. The second-order valence-electron chi connectivity index (χ2n) is 23.6. The van der Waals surface area contributed by atoms with Crippen LogP contribution in [0.5, 0.6) is 0 Å². The van der Waals surface area contributed by atoms with Crippen molar-refractivity contribution in [3.8, 4) is 0 Å². The lowest BCUT2D eigenvalue weighted by molar-refractivity contribution is -0.167. The van der Waals surface area contributed by atoms with Crippen LogP contribution in [0.15, 0.2) is 0 Å². The first-order valence-corrected chi connectivity index (χ1v) is 32.1. The van der Waals surface area contributed by atoms with Gasteiger partial charge < -0.3 is 14.2 Å². The fourth-order valence-corrected chi connectivity index (χ4v) is 10.0. The van der Waals surface area contributed by atoms with Gasteiger partial charge in [0.1, 0.15) is 13.2 Å². The zero-order valence-corrected chi connectivity index (χ0v) is 49.0. The standard InChI is InChI=1S/C65H126O6/c1-7-61(6)53-47-41-35-29-25-21-17-13-9-11-14-18-22-26-30-36-42-48-54-63(66)69-57-62(58-70-64(67)55-49-43-38-32-34-40-46-52-60(4)5)71-65(68)56-50-44-37-31-27-23-19-15-10-8-12-16-20-24-28-33-39-45-51-59(2)3/h59-62H,7-58H2,1-6H3/t61?,62-/m1/s1. The van der Waals surface area contributed by atoms with Gasteiger partial charge in [0.05, 0.1) is 0 Å². The molecular formula is C65H126O6. The molecule has 1 unspecified atom stereocenters. The third-order valence-electron chi connectivity index (χ3n) is 15.3. The van der Waals surface area contributed by atoms with Crippen LogP contribution in [-0.2, 0) is 28.6 Å². The lowest BCUT2D eigenvalue weighted by Gasteiger charge is -2.18. The molecule has 0 rings (SSSR count). The van der Waals surface area contributed by atoms with Gasteiger partial charge in [0.25, 0.3) is 0 Å². The highest BCUT2D eigenvalue weighted by molar-refractivity contribution is 5.71. The molecule has 0 saturated heterocycles. The van der Waals surface area contributed by atoms with Crippen LogP contribution >= 0.6 is 0 Å². The van der Waals surface area contributed by atoms with E-state index >= 15 is 0 Å². The van der Waals surface area contributed by atoms with E-state index in [-0.39, 0.29) is 31.1 Å². The van der Waals surface area contributed by atoms with Crippen molar-refractivity contribution in [1.82, 2.24) is 0 Å². The smallest absolute Gasteiger partial charge is 0.306 e. The predicted molar refractivity (Wildman–Crippen MR) is 307 cm³/mol. The summed E-state index contributed by atoms with van der Waals surface area (Å²) < 4.78 is 16.9. The predicted octanol–water partition coefficient (Wildman–Crippen LogP) is 21.5. The Morgan fingerprint density at radius 1 is 0.282 bits per heavy atom. The molecule has 0 amide bonds. The van der Waals surface area contributed by atoms with E-state index in [4.69, 9.17) is 14.2 Å².